The number of fused-ring (bicyclic) bond motifs is 1. The molecule has 94 valence electrons. The molecule has 4 heteroatoms. The van der Waals surface area contributed by atoms with Gasteiger partial charge < -0.3 is 0 Å². The number of amides is 1. The maximum atomic E-state index is 12.3. The molecule has 0 unspecified atom stereocenters. The first-order valence-corrected chi connectivity index (χ1v) is 6.67. The summed E-state index contributed by atoms with van der Waals surface area (Å²) in [7, 11) is 0. The van der Waals surface area contributed by atoms with Crippen LogP contribution in [0.3, 0.4) is 0 Å². The van der Waals surface area contributed by atoms with E-state index in [0.717, 1.165) is 29.0 Å². The van der Waals surface area contributed by atoms with Gasteiger partial charge in [-0.2, -0.15) is 0 Å². The first-order valence-electron chi connectivity index (χ1n) is 6.26. The van der Waals surface area contributed by atoms with Gasteiger partial charge in [0.15, 0.2) is 0 Å². The number of carbonyl (C=O) groups is 1. The lowest BCUT2D eigenvalue weighted by Crippen LogP contribution is -2.40. The van der Waals surface area contributed by atoms with Gasteiger partial charge in [-0.1, -0.05) is 49.7 Å². The summed E-state index contributed by atoms with van der Waals surface area (Å²) in [6.45, 7) is 0. The Kier molecular flexibility index (Phi) is 4.07. The third-order valence-electron chi connectivity index (χ3n) is 3.77. The molecule has 0 atom stereocenters. The molecular weight excluding hydrogens is 262 g/mol. The summed E-state index contributed by atoms with van der Waals surface area (Å²) in [6.07, 6.45) is 5.92. The van der Waals surface area contributed by atoms with Gasteiger partial charge in [-0.15, -0.1) is 0 Å². The number of nitrogens with zero attached hydrogens (tertiary/aromatic N) is 1. The van der Waals surface area contributed by atoms with Crippen molar-refractivity contribution in [2.24, 2.45) is 0 Å². The van der Waals surface area contributed by atoms with Crippen molar-refractivity contribution in [2.45, 2.75) is 38.1 Å². The topological polar surface area (TPSA) is 20.3 Å². The third-order valence-corrected chi connectivity index (χ3v) is 4.18. The number of carbonyl (C=O) groups excluding carboxylic acids is 1. The minimum atomic E-state index is 0. The first kappa shape index (κ1) is 13.6. The third kappa shape index (κ3) is 2.08. The minimum absolute atomic E-state index is 0. The molecule has 1 amide bonds. The van der Waals surface area contributed by atoms with Gasteiger partial charge in [0.05, 0.1) is 5.56 Å². The quantitative estimate of drug-likeness (QED) is 0.728. The standard InChI is InChI=1S/C14H15NOS.S/c16-13-11-8-4-5-9-12(11)14(17)15(13)10-6-2-1-3-7-10;/h4-5,8-10H,1-3,6-7H2;. The fourth-order valence-electron chi connectivity index (χ4n) is 2.88. The van der Waals surface area contributed by atoms with Crippen LogP contribution < -0.4 is 0 Å². The molecule has 0 saturated heterocycles. The van der Waals surface area contributed by atoms with Crippen molar-refractivity contribution < 1.29 is 4.79 Å². The van der Waals surface area contributed by atoms with E-state index in [1.807, 2.05) is 29.2 Å². The number of thiocarbonyl (C=S) groups is 1. The van der Waals surface area contributed by atoms with E-state index in [1.54, 1.807) is 0 Å². The van der Waals surface area contributed by atoms with E-state index in [9.17, 15) is 4.79 Å². The van der Waals surface area contributed by atoms with Gasteiger partial charge >= 0.3 is 0 Å². The zero-order valence-electron chi connectivity index (χ0n) is 10.1. The van der Waals surface area contributed by atoms with Crippen molar-refractivity contribution in [2.75, 3.05) is 0 Å². The summed E-state index contributed by atoms with van der Waals surface area (Å²) in [5.41, 5.74) is 1.72. The normalized spacial score (nSPS) is 19.7. The van der Waals surface area contributed by atoms with Crippen molar-refractivity contribution in [1.29, 1.82) is 0 Å². The highest BCUT2D eigenvalue weighted by atomic mass is 32.1. The smallest absolute Gasteiger partial charge is 0.259 e. The van der Waals surface area contributed by atoms with Crippen LogP contribution in [-0.2, 0) is 0 Å². The Morgan fingerprint density at radius 1 is 1.06 bits per heavy atom. The van der Waals surface area contributed by atoms with Crippen LogP contribution in [0.25, 0.3) is 0 Å². The highest BCUT2D eigenvalue weighted by Crippen LogP contribution is 2.31. The molecular formula is C14H15NOS2. The Labute approximate surface area is 120 Å². The largest absolute Gasteiger partial charge is 0.295 e. The molecule has 1 saturated carbocycles. The Morgan fingerprint density at radius 2 is 1.67 bits per heavy atom. The van der Waals surface area contributed by atoms with Gasteiger partial charge in [-0.3, -0.25) is 9.69 Å². The number of hydrogen-bond donors (Lipinski definition) is 0. The molecule has 3 rings (SSSR count). The lowest BCUT2D eigenvalue weighted by molar-refractivity contribution is 0.0795. The van der Waals surface area contributed by atoms with Crippen molar-refractivity contribution in [3.63, 3.8) is 0 Å². The van der Waals surface area contributed by atoms with Crippen LogP contribution in [0, 0.1) is 0 Å². The molecule has 1 fully saturated rings. The predicted octanol–water partition coefficient (Wildman–Crippen LogP) is 3.80. The van der Waals surface area contributed by atoms with E-state index in [2.05, 4.69) is 0 Å². The van der Waals surface area contributed by atoms with Gasteiger partial charge in [-0.25, -0.2) is 0 Å². The zero-order chi connectivity index (χ0) is 11.8. The van der Waals surface area contributed by atoms with Crippen molar-refractivity contribution in [3.05, 3.63) is 35.4 Å². The average Bonchev–Trinajstić information content (AvgIpc) is 2.64. The molecule has 1 aromatic carbocycles. The predicted molar refractivity (Wildman–Crippen MR) is 78.8 cm³/mol. The molecule has 1 aromatic rings. The van der Waals surface area contributed by atoms with E-state index >= 15 is 0 Å². The molecule has 0 bridgehead atoms. The van der Waals surface area contributed by atoms with Crippen molar-refractivity contribution >= 4 is 36.6 Å². The summed E-state index contributed by atoms with van der Waals surface area (Å²) in [5.74, 6) is 0.109. The van der Waals surface area contributed by atoms with Crippen LogP contribution in [0.15, 0.2) is 24.3 Å². The van der Waals surface area contributed by atoms with E-state index < -0.39 is 0 Å². The first-order chi connectivity index (χ1) is 8.29. The fraction of sp³-hybridized carbons (Fsp3) is 0.429. The molecule has 0 aromatic heterocycles. The molecule has 1 aliphatic carbocycles. The summed E-state index contributed by atoms with van der Waals surface area (Å²) in [4.78, 5) is 14.9. The van der Waals surface area contributed by atoms with Crippen LogP contribution in [0.4, 0.5) is 0 Å². The molecule has 2 radical (unpaired) electrons. The Balaban J connectivity index is 0.00000120. The Bertz CT molecular complexity index is 445. The van der Waals surface area contributed by atoms with Gasteiger partial charge in [0, 0.05) is 25.1 Å². The zero-order valence-corrected chi connectivity index (χ0v) is 11.7. The van der Waals surface area contributed by atoms with Gasteiger partial charge in [-0.05, 0) is 18.9 Å². The van der Waals surface area contributed by atoms with E-state index in [1.165, 1.54) is 19.3 Å². The van der Waals surface area contributed by atoms with Crippen LogP contribution in [0.5, 0.6) is 0 Å². The monoisotopic (exact) mass is 277 g/mol. The number of hydrogen-bond acceptors (Lipinski definition) is 2. The maximum Gasteiger partial charge on any atom is 0.259 e. The second kappa shape index (κ2) is 5.41. The van der Waals surface area contributed by atoms with Gasteiger partial charge in [0.1, 0.15) is 4.99 Å². The SMILES string of the molecule is O=C1c2ccccc2C(=S)N1C1CCCCC1.[S]. The second-order valence-corrected chi connectivity index (χ2v) is 5.20. The van der Waals surface area contributed by atoms with Crippen LogP contribution in [0.2, 0.25) is 0 Å². The highest BCUT2D eigenvalue weighted by molar-refractivity contribution is 7.80. The van der Waals surface area contributed by atoms with Crippen molar-refractivity contribution in [3.8, 4) is 0 Å². The molecule has 2 nitrogen and oxygen atoms in total. The average molecular weight is 277 g/mol. The second-order valence-electron chi connectivity index (χ2n) is 4.82. The lowest BCUT2D eigenvalue weighted by Gasteiger charge is -2.30. The van der Waals surface area contributed by atoms with Crippen LogP contribution >= 0.6 is 25.7 Å². The fourth-order valence-corrected chi connectivity index (χ4v) is 3.29. The molecule has 2 aliphatic rings. The summed E-state index contributed by atoms with van der Waals surface area (Å²) in [6, 6.07) is 8.02. The minimum Gasteiger partial charge on any atom is -0.295 e. The summed E-state index contributed by atoms with van der Waals surface area (Å²) < 4.78 is 0. The highest BCUT2D eigenvalue weighted by Gasteiger charge is 2.37. The summed E-state index contributed by atoms with van der Waals surface area (Å²) in [5, 5.41) is 0. The van der Waals surface area contributed by atoms with Crippen LogP contribution in [-0.4, -0.2) is 21.8 Å². The maximum absolute atomic E-state index is 12.3. The summed E-state index contributed by atoms with van der Waals surface area (Å²) >= 11 is 5.46. The van der Waals surface area contributed by atoms with E-state index in [-0.39, 0.29) is 19.4 Å². The molecule has 1 aliphatic heterocycles. The van der Waals surface area contributed by atoms with Crippen molar-refractivity contribution in [1.82, 2.24) is 4.90 Å². The molecule has 0 spiro atoms. The van der Waals surface area contributed by atoms with E-state index in [4.69, 9.17) is 12.2 Å². The lowest BCUT2D eigenvalue weighted by atomic mass is 9.94. The molecule has 1 heterocycles. The van der Waals surface area contributed by atoms with Gasteiger partial charge in [0.25, 0.3) is 5.91 Å². The Morgan fingerprint density at radius 3 is 2.28 bits per heavy atom. The number of rotatable bonds is 1. The van der Waals surface area contributed by atoms with E-state index in [0.29, 0.717) is 6.04 Å². The molecule has 0 N–H and O–H groups in total. The Hall–Kier alpha value is -0.870. The number of benzene rings is 1. The van der Waals surface area contributed by atoms with Crippen LogP contribution in [0.1, 0.15) is 48.0 Å². The van der Waals surface area contributed by atoms with Gasteiger partial charge in [0.2, 0.25) is 0 Å². The molecule has 18 heavy (non-hydrogen) atoms.